The van der Waals surface area contributed by atoms with Crippen LogP contribution in [-0.4, -0.2) is 27.6 Å². The van der Waals surface area contributed by atoms with Gasteiger partial charge in [-0.05, 0) is 31.7 Å². The first-order valence-corrected chi connectivity index (χ1v) is 9.50. The highest BCUT2D eigenvalue weighted by Crippen LogP contribution is 2.29. The van der Waals surface area contributed by atoms with Crippen molar-refractivity contribution >= 4 is 23.3 Å². The molecule has 0 saturated heterocycles. The lowest BCUT2D eigenvalue weighted by Gasteiger charge is -2.17. The van der Waals surface area contributed by atoms with Crippen LogP contribution < -0.4 is 10.6 Å². The molecular formula is C19H23F3N4O2S. The summed E-state index contributed by atoms with van der Waals surface area (Å²) in [4.78, 5) is 18.9. The Morgan fingerprint density at radius 3 is 2.62 bits per heavy atom. The van der Waals surface area contributed by atoms with Gasteiger partial charge in [0.1, 0.15) is 18.1 Å². The molecule has 0 unspecified atom stereocenters. The number of carbonyl (C=O) groups excluding carboxylic acids is 1. The molecule has 0 bridgehead atoms. The number of amides is 1. The highest BCUT2D eigenvalue weighted by molar-refractivity contribution is 7.80. The maximum Gasteiger partial charge on any atom is 0.432 e. The van der Waals surface area contributed by atoms with Crippen molar-refractivity contribution in [1.29, 1.82) is 0 Å². The van der Waals surface area contributed by atoms with Crippen molar-refractivity contribution in [3.63, 3.8) is 0 Å². The van der Waals surface area contributed by atoms with Gasteiger partial charge in [0.05, 0.1) is 17.2 Å². The molecule has 2 rings (SSSR count). The summed E-state index contributed by atoms with van der Waals surface area (Å²) < 4.78 is 43.7. The number of alkyl halides is 3. The fraction of sp³-hybridized carbons (Fsp3) is 0.421. The maximum atomic E-state index is 12.9. The molecule has 1 aromatic heterocycles. The number of nitrogens with one attached hydrogen (secondary N) is 3. The van der Waals surface area contributed by atoms with Crippen molar-refractivity contribution < 1.29 is 22.7 Å². The molecule has 10 heteroatoms. The first-order chi connectivity index (χ1) is 13.8. The summed E-state index contributed by atoms with van der Waals surface area (Å²) in [6.07, 6.45) is -2.78. The molecule has 0 saturated carbocycles. The Morgan fingerprint density at radius 1 is 1.28 bits per heavy atom. The largest absolute Gasteiger partial charge is 0.445 e. The van der Waals surface area contributed by atoms with E-state index in [0.29, 0.717) is 24.4 Å². The van der Waals surface area contributed by atoms with Crippen molar-refractivity contribution in [3.8, 4) is 0 Å². The summed E-state index contributed by atoms with van der Waals surface area (Å²) in [6, 6.07) is 8.35. The van der Waals surface area contributed by atoms with E-state index in [1.807, 2.05) is 18.2 Å². The number of ether oxygens (including phenoxy) is 1. The second kappa shape index (κ2) is 10.8. The van der Waals surface area contributed by atoms with Gasteiger partial charge in [0.25, 0.3) is 0 Å². The van der Waals surface area contributed by atoms with Crippen LogP contribution in [0.15, 0.2) is 36.5 Å². The fourth-order valence-corrected chi connectivity index (χ4v) is 2.68. The van der Waals surface area contributed by atoms with E-state index < -0.39 is 24.0 Å². The van der Waals surface area contributed by atoms with Crippen molar-refractivity contribution in [3.05, 3.63) is 53.6 Å². The Morgan fingerprint density at radius 2 is 2.00 bits per heavy atom. The van der Waals surface area contributed by atoms with Crippen molar-refractivity contribution in [2.24, 2.45) is 0 Å². The number of rotatable bonds is 9. The van der Waals surface area contributed by atoms with E-state index in [0.717, 1.165) is 18.2 Å². The van der Waals surface area contributed by atoms with E-state index in [2.05, 4.69) is 20.6 Å². The highest BCUT2D eigenvalue weighted by Gasteiger charge is 2.34. The molecule has 1 heterocycles. The number of imidazole rings is 1. The van der Waals surface area contributed by atoms with E-state index in [1.54, 1.807) is 19.1 Å². The Bertz CT molecular complexity index is 796. The van der Waals surface area contributed by atoms with Crippen molar-refractivity contribution in [2.75, 3.05) is 6.54 Å². The average molecular weight is 428 g/mol. The lowest BCUT2D eigenvalue weighted by Crippen LogP contribution is -2.30. The summed E-state index contributed by atoms with van der Waals surface area (Å²) in [5, 5.41) is 5.61. The standard InChI is InChI=1S/C19H23F3N4O2S/c1-13(29)23-10-6-5-9-15(17-24-11-16(26-17)19(20,21)22)25-18(27)28-12-14-7-3-2-4-8-14/h2-4,7-8,11,15H,5-6,9-10,12H2,1H3,(H,23,29)(H,24,26)(H,25,27)/t15-/m0/s1. The molecule has 0 aliphatic rings. The maximum absolute atomic E-state index is 12.9. The minimum atomic E-state index is -4.54. The van der Waals surface area contributed by atoms with Crippen molar-refractivity contribution in [2.45, 2.75) is 45.0 Å². The van der Waals surface area contributed by atoms with Crippen LogP contribution in [-0.2, 0) is 17.5 Å². The number of unbranched alkanes of at least 4 members (excludes halogenated alkanes) is 1. The lowest BCUT2D eigenvalue weighted by molar-refractivity contribution is -0.141. The second-order valence-electron chi connectivity index (χ2n) is 6.42. The third-order valence-corrected chi connectivity index (χ3v) is 4.17. The summed E-state index contributed by atoms with van der Waals surface area (Å²) in [5.41, 5.74) is -0.159. The number of thiocarbonyl (C=S) groups is 1. The number of alkyl carbamates (subject to hydrolysis) is 1. The highest BCUT2D eigenvalue weighted by atomic mass is 32.1. The number of hydrogen-bond acceptors (Lipinski definition) is 4. The predicted molar refractivity (Wildman–Crippen MR) is 106 cm³/mol. The monoisotopic (exact) mass is 428 g/mol. The Labute approximate surface area is 172 Å². The minimum absolute atomic E-state index is 0.0351. The number of halogens is 3. The second-order valence-corrected chi connectivity index (χ2v) is 7.03. The molecule has 0 fully saturated rings. The number of aromatic nitrogens is 2. The van der Waals surface area contributed by atoms with E-state index in [1.165, 1.54) is 0 Å². The van der Waals surface area contributed by atoms with Gasteiger partial charge in [-0.25, -0.2) is 9.78 Å². The van der Waals surface area contributed by atoms with Crippen LogP contribution in [0.4, 0.5) is 18.0 Å². The normalized spacial score (nSPS) is 12.3. The van der Waals surface area contributed by atoms with Gasteiger partial charge >= 0.3 is 12.3 Å². The zero-order valence-corrected chi connectivity index (χ0v) is 16.7. The summed E-state index contributed by atoms with van der Waals surface area (Å²) in [7, 11) is 0. The van der Waals surface area contributed by atoms with Gasteiger partial charge in [-0.2, -0.15) is 13.2 Å². The summed E-state index contributed by atoms with van der Waals surface area (Å²) in [5.74, 6) is 0.0351. The first-order valence-electron chi connectivity index (χ1n) is 9.09. The van der Waals surface area contributed by atoms with Gasteiger partial charge in [-0.15, -0.1) is 0 Å². The van der Waals surface area contributed by atoms with Crippen LogP contribution in [0, 0.1) is 0 Å². The van der Waals surface area contributed by atoms with Gasteiger partial charge in [0.2, 0.25) is 0 Å². The Balaban J connectivity index is 1.96. The first kappa shape index (κ1) is 22.7. The zero-order valence-electron chi connectivity index (χ0n) is 15.9. The van der Waals surface area contributed by atoms with Gasteiger partial charge in [0, 0.05) is 6.54 Å². The zero-order chi connectivity index (χ0) is 21.3. The van der Waals surface area contributed by atoms with Crippen LogP contribution in [0.25, 0.3) is 0 Å². The molecule has 1 amide bonds. The molecule has 0 radical (unpaired) electrons. The minimum Gasteiger partial charge on any atom is -0.445 e. The average Bonchev–Trinajstić information content (AvgIpc) is 3.16. The van der Waals surface area contributed by atoms with Crippen LogP contribution >= 0.6 is 12.2 Å². The van der Waals surface area contributed by atoms with Crippen LogP contribution in [0.5, 0.6) is 0 Å². The Kier molecular flexibility index (Phi) is 8.44. The quantitative estimate of drug-likeness (QED) is 0.405. The summed E-state index contributed by atoms with van der Waals surface area (Å²) in [6.45, 7) is 2.47. The van der Waals surface area contributed by atoms with E-state index in [-0.39, 0.29) is 12.4 Å². The SMILES string of the molecule is CC(=S)NCCCC[C@H](NC(=O)OCc1ccccc1)c1ncc(C(F)(F)F)[nH]1. The van der Waals surface area contributed by atoms with Gasteiger partial charge in [-0.3, -0.25) is 0 Å². The smallest absolute Gasteiger partial charge is 0.432 e. The molecule has 1 atom stereocenters. The van der Waals surface area contributed by atoms with Gasteiger partial charge < -0.3 is 20.4 Å². The van der Waals surface area contributed by atoms with Gasteiger partial charge in [0.15, 0.2) is 0 Å². The van der Waals surface area contributed by atoms with E-state index >= 15 is 0 Å². The number of aromatic amines is 1. The number of H-pyrrole nitrogens is 1. The number of nitrogens with zero attached hydrogens (tertiary/aromatic N) is 1. The molecule has 6 nitrogen and oxygen atoms in total. The molecule has 0 aliphatic heterocycles. The lowest BCUT2D eigenvalue weighted by atomic mass is 10.1. The summed E-state index contributed by atoms with van der Waals surface area (Å²) >= 11 is 4.93. The number of carbonyl (C=O) groups is 1. The van der Waals surface area contributed by atoms with Crippen LogP contribution in [0.1, 0.15) is 49.3 Å². The van der Waals surface area contributed by atoms with Crippen LogP contribution in [0.3, 0.4) is 0 Å². The molecule has 2 aromatic rings. The molecule has 0 spiro atoms. The number of hydrogen-bond donors (Lipinski definition) is 3. The Hall–Kier alpha value is -2.62. The molecule has 158 valence electrons. The van der Waals surface area contributed by atoms with Gasteiger partial charge in [-0.1, -0.05) is 42.5 Å². The molecular weight excluding hydrogens is 405 g/mol. The molecule has 0 aliphatic carbocycles. The third kappa shape index (κ3) is 8.10. The van der Waals surface area contributed by atoms with E-state index in [9.17, 15) is 18.0 Å². The van der Waals surface area contributed by atoms with Crippen LogP contribution in [0.2, 0.25) is 0 Å². The molecule has 29 heavy (non-hydrogen) atoms. The van der Waals surface area contributed by atoms with Crippen molar-refractivity contribution in [1.82, 2.24) is 20.6 Å². The van der Waals surface area contributed by atoms with E-state index in [4.69, 9.17) is 17.0 Å². The predicted octanol–water partition coefficient (Wildman–Crippen LogP) is 4.50. The fourth-order valence-electron chi connectivity index (χ4n) is 2.58. The molecule has 1 aromatic carbocycles. The third-order valence-electron chi connectivity index (χ3n) is 4.03. The molecule has 3 N–H and O–H groups in total. The topological polar surface area (TPSA) is 79.0 Å². The number of benzene rings is 1.